The van der Waals surface area contributed by atoms with Crippen molar-refractivity contribution in [3.8, 4) is 11.1 Å². The Kier molecular flexibility index (Phi) is 4.20. The van der Waals surface area contributed by atoms with Gasteiger partial charge in [-0.3, -0.25) is 4.79 Å². The van der Waals surface area contributed by atoms with Crippen LogP contribution in [0.15, 0.2) is 47.5 Å². The summed E-state index contributed by atoms with van der Waals surface area (Å²) < 4.78 is 24.5. The normalized spacial score (nSPS) is 11.3. The van der Waals surface area contributed by atoms with Crippen molar-refractivity contribution in [2.24, 2.45) is 0 Å². The summed E-state index contributed by atoms with van der Waals surface area (Å²) in [5, 5.41) is -0.540. The number of hydrogen-bond donors (Lipinski definition) is 0. The molecular formula is C14H12ClNO3S. The van der Waals surface area contributed by atoms with Gasteiger partial charge in [0.2, 0.25) is 9.84 Å². The van der Waals surface area contributed by atoms with Gasteiger partial charge in [0.05, 0.1) is 4.90 Å². The third kappa shape index (κ3) is 2.73. The number of halogens is 1. The fraction of sp³-hybridized carbons (Fsp3) is 0.143. The molecule has 0 radical (unpaired) electrons. The second kappa shape index (κ2) is 5.73. The highest BCUT2D eigenvalue weighted by molar-refractivity contribution is 8.06. The average molecular weight is 310 g/mol. The molecule has 6 heteroatoms. The van der Waals surface area contributed by atoms with Crippen LogP contribution in [0.25, 0.3) is 11.1 Å². The number of sulfone groups is 1. The Morgan fingerprint density at radius 3 is 2.60 bits per heavy atom. The lowest BCUT2D eigenvalue weighted by molar-refractivity contribution is -0.111. The average Bonchev–Trinajstić information content (AvgIpc) is 2.46. The van der Waals surface area contributed by atoms with Crippen LogP contribution in [0, 0.1) is 0 Å². The van der Waals surface area contributed by atoms with E-state index in [-0.39, 0.29) is 16.5 Å². The van der Waals surface area contributed by atoms with Crippen molar-refractivity contribution in [2.45, 2.75) is 18.2 Å². The van der Waals surface area contributed by atoms with Crippen LogP contribution >= 0.6 is 11.6 Å². The molecule has 20 heavy (non-hydrogen) atoms. The number of rotatable bonds is 3. The minimum atomic E-state index is -3.98. The molecule has 4 nitrogen and oxygen atoms in total. The van der Waals surface area contributed by atoms with E-state index in [1.807, 2.05) is 0 Å². The molecule has 2 rings (SSSR count). The Morgan fingerprint density at radius 2 is 1.95 bits per heavy atom. The number of carbonyl (C=O) groups excluding carboxylic acids is 1. The van der Waals surface area contributed by atoms with Crippen LogP contribution in [0.4, 0.5) is 0 Å². The van der Waals surface area contributed by atoms with Crippen LogP contribution in [-0.2, 0) is 14.6 Å². The molecule has 2 aromatic rings. The highest BCUT2D eigenvalue weighted by Gasteiger charge is 2.26. The number of aromatic nitrogens is 1. The van der Waals surface area contributed by atoms with Gasteiger partial charge >= 0.3 is 0 Å². The van der Waals surface area contributed by atoms with Gasteiger partial charge < -0.3 is 0 Å². The lowest BCUT2D eigenvalue weighted by Gasteiger charge is -2.09. The second-order valence-electron chi connectivity index (χ2n) is 4.09. The molecule has 0 saturated carbocycles. The topological polar surface area (TPSA) is 64.1 Å². The van der Waals surface area contributed by atoms with Crippen LogP contribution < -0.4 is 0 Å². The lowest BCUT2D eigenvalue weighted by atomic mass is 10.1. The maximum Gasteiger partial charge on any atom is 0.250 e. The van der Waals surface area contributed by atoms with E-state index in [0.717, 1.165) is 0 Å². The van der Waals surface area contributed by atoms with Gasteiger partial charge in [-0.25, -0.2) is 13.4 Å². The molecule has 0 aliphatic carbocycles. The first-order valence-electron chi connectivity index (χ1n) is 5.95. The first-order chi connectivity index (χ1) is 9.46. The molecule has 104 valence electrons. The van der Waals surface area contributed by atoms with E-state index >= 15 is 0 Å². The first kappa shape index (κ1) is 14.7. The number of benzene rings is 1. The van der Waals surface area contributed by atoms with Crippen molar-refractivity contribution in [3.63, 3.8) is 0 Å². The molecule has 0 unspecified atom stereocenters. The Hall–Kier alpha value is -1.72. The third-order valence-corrected chi connectivity index (χ3v) is 4.83. The molecule has 0 atom stereocenters. The predicted molar refractivity (Wildman–Crippen MR) is 77.2 cm³/mol. The third-order valence-electron chi connectivity index (χ3n) is 2.80. The summed E-state index contributed by atoms with van der Waals surface area (Å²) in [6.45, 7) is 1.52. The van der Waals surface area contributed by atoms with Crippen LogP contribution in [0.3, 0.4) is 0 Å². The van der Waals surface area contributed by atoms with Gasteiger partial charge in [0.25, 0.3) is 5.12 Å². The molecule has 1 aromatic heterocycles. The summed E-state index contributed by atoms with van der Waals surface area (Å²) >= 11 is 5.82. The Labute approximate surface area is 122 Å². The number of nitrogens with zero attached hydrogens (tertiary/aromatic N) is 1. The highest BCUT2D eigenvalue weighted by atomic mass is 35.5. The van der Waals surface area contributed by atoms with Gasteiger partial charge in [-0.05, 0) is 23.8 Å². The molecule has 0 aliphatic rings. The van der Waals surface area contributed by atoms with Gasteiger partial charge in [-0.1, -0.05) is 36.7 Å². The lowest BCUT2D eigenvalue weighted by Crippen LogP contribution is -2.14. The standard InChI is InChI=1S/C14H12ClNO3S/c1-2-14(17)20(18,19)12-6-4-3-5-11(12)10-7-8-16-13(15)9-10/h3-9H,2H2,1H3. The SMILES string of the molecule is CCC(=O)S(=O)(=O)c1ccccc1-c1ccnc(Cl)c1. The van der Waals surface area contributed by atoms with Crippen LogP contribution in [0.2, 0.25) is 5.15 Å². The zero-order valence-electron chi connectivity index (χ0n) is 10.7. The van der Waals surface area contributed by atoms with Gasteiger partial charge in [0.15, 0.2) is 0 Å². The molecule has 0 fully saturated rings. The molecular weight excluding hydrogens is 298 g/mol. The second-order valence-corrected chi connectivity index (χ2v) is 6.38. The highest BCUT2D eigenvalue weighted by Crippen LogP contribution is 2.29. The minimum Gasteiger partial charge on any atom is -0.281 e. The minimum absolute atomic E-state index is 0.00545. The summed E-state index contributed by atoms with van der Waals surface area (Å²) in [4.78, 5) is 15.5. The fourth-order valence-corrected chi connectivity index (χ4v) is 3.35. The smallest absolute Gasteiger partial charge is 0.250 e. The molecule has 0 saturated heterocycles. The summed E-state index contributed by atoms with van der Waals surface area (Å²) in [6, 6.07) is 9.57. The predicted octanol–water partition coefficient (Wildman–Crippen LogP) is 3.11. The van der Waals surface area contributed by atoms with E-state index in [9.17, 15) is 13.2 Å². The summed E-state index contributed by atoms with van der Waals surface area (Å²) in [5.74, 6) is 0. The maximum atomic E-state index is 12.2. The number of pyridine rings is 1. The van der Waals surface area contributed by atoms with E-state index in [1.54, 1.807) is 30.3 Å². The summed E-state index contributed by atoms with van der Waals surface area (Å²) in [5.41, 5.74) is 1.05. The van der Waals surface area contributed by atoms with Gasteiger partial charge in [-0.2, -0.15) is 0 Å². The number of carbonyl (C=O) groups is 1. The van der Waals surface area contributed by atoms with Crippen molar-refractivity contribution >= 4 is 26.6 Å². The Bertz CT molecular complexity index is 757. The van der Waals surface area contributed by atoms with Gasteiger partial charge in [0, 0.05) is 18.2 Å². The molecule has 1 aromatic carbocycles. The Morgan fingerprint density at radius 1 is 1.25 bits per heavy atom. The molecule has 0 bridgehead atoms. The van der Waals surface area contributed by atoms with Crippen molar-refractivity contribution in [1.29, 1.82) is 0 Å². The molecule has 0 N–H and O–H groups in total. The van der Waals surface area contributed by atoms with E-state index < -0.39 is 15.0 Å². The van der Waals surface area contributed by atoms with Crippen LogP contribution in [0.5, 0.6) is 0 Å². The molecule has 0 spiro atoms. The van der Waals surface area contributed by atoms with Crippen LogP contribution in [-0.4, -0.2) is 18.5 Å². The van der Waals surface area contributed by atoms with Crippen molar-refractivity contribution in [1.82, 2.24) is 4.98 Å². The van der Waals surface area contributed by atoms with E-state index in [4.69, 9.17) is 11.6 Å². The van der Waals surface area contributed by atoms with E-state index in [0.29, 0.717) is 11.1 Å². The largest absolute Gasteiger partial charge is 0.281 e. The molecule has 0 amide bonds. The van der Waals surface area contributed by atoms with Crippen molar-refractivity contribution in [2.75, 3.05) is 0 Å². The zero-order valence-corrected chi connectivity index (χ0v) is 12.3. The molecule has 1 heterocycles. The number of hydrogen-bond acceptors (Lipinski definition) is 4. The monoisotopic (exact) mass is 309 g/mol. The fourth-order valence-electron chi connectivity index (χ4n) is 1.82. The van der Waals surface area contributed by atoms with E-state index in [1.165, 1.54) is 19.2 Å². The summed E-state index contributed by atoms with van der Waals surface area (Å²) in [7, 11) is -3.98. The van der Waals surface area contributed by atoms with Gasteiger partial charge in [0.1, 0.15) is 5.15 Å². The van der Waals surface area contributed by atoms with Crippen molar-refractivity contribution in [3.05, 3.63) is 47.7 Å². The molecule has 0 aliphatic heterocycles. The summed E-state index contributed by atoms with van der Waals surface area (Å²) in [6.07, 6.45) is 1.43. The van der Waals surface area contributed by atoms with Gasteiger partial charge in [-0.15, -0.1) is 0 Å². The van der Waals surface area contributed by atoms with Crippen LogP contribution in [0.1, 0.15) is 13.3 Å². The maximum absolute atomic E-state index is 12.2. The Balaban J connectivity index is 2.66. The first-order valence-corrected chi connectivity index (χ1v) is 7.81. The van der Waals surface area contributed by atoms with Crippen molar-refractivity contribution < 1.29 is 13.2 Å². The zero-order chi connectivity index (χ0) is 14.8. The van der Waals surface area contributed by atoms with E-state index in [2.05, 4.69) is 4.98 Å². The quantitative estimate of drug-likeness (QED) is 0.817.